The van der Waals surface area contributed by atoms with Crippen LogP contribution < -0.4 is 4.72 Å². The molecule has 0 saturated carbocycles. The second-order valence-corrected chi connectivity index (χ2v) is 6.32. The van der Waals surface area contributed by atoms with Gasteiger partial charge >= 0.3 is 0 Å². The largest absolute Gasteiger partial charge is 0.342 e. The van der Waals surface area contributed by atoms with Gasteiger partial charge in [-0.15, -0.1) is 0 Å². The molecular formula is C13H16ClN3O3S. The molecule has 0 atom stereocenters. The molecule has 21 heavy (non-hydrogen) atoms. The van der Waals surface area contributed by atoms with Crippen molar-refractivity contribution in [3.05, 3.63) is 28.8 Å². The van der Waals surface area contributed by atoms with E-state index in [4.69, 9.17) is 16.9 Å². The molecule has 1 N–H and O–H groups in total. The molecule has 0 heterocycles. The summed E-state index contributed by atoms with van der Waals surface area (Å²) >= 11 is 5.80. The van der Waals surface area contributed by atoms with Crippen LogP contribution in [0.5, 0.6) is 0 Å². The number of benzene rings is 1. The number of hydrogen-bond donors (Lipinski definition) is 1. The van der Waals surface area contributed by atoms with E-state index in [-0.39, 0.29) is 27.9 Å². The van der Waals surface area contributed by atoms with E-state index in [1.54, 1.807) is 0 Å². The number of nitriles is 1. The lowest BCUT2D eigenvalue weighted by molar-refractivity contribution is -0.129. The van der Waals surface area contributed by atoms with Gasteiger partial charge in [-0.05, 0) is 32.0 Å². The average Bonchev–Trinajstić information content (AvgIpc) is 2.46. The summed E-state index contributed by atoms with van der Waals surface area (Å²) in [4.78, 5) is 13.2. The maximum atomic E-state index is 12.1. The summed E-state index contributed by atoms with van der Waals surface area (Å²) in [5.74, 6) is -0.302. The van der Waals surface area contributed by atoms with Gasteiger partial charge in [0.2, 0.25) is 15.9 Å². The number of hydrogen-bond acceptors (Lipinski definition) is 4. The second kappa shape index (κ2) is 7.41. The lowest BCUT2D eigenvalue weighted by Crippen LogP contribution is -2.39. The summed E-state index contributed by atoms with van der Waals surface area (Å²) in [5.41, 5.74) is 0.190. The maximum absolute atomic E-state index is 12.1. The minimum Gasteiger partial charge on any atom is -0.342 e. The van der Waals surface area contributed by atoms with E-state index < -0.39 is 10.0 Å². The summed E-state index contributed by atoms with van der Waals surface area (Å²) in [6.07, 6.45) is 0. The summed E-state index contributed by atoms with van der Waals surface area (Å²) in [7, 11) is -3.84. The highest BCUT2D eigenvalue weighted by Crippen LogP contribution is 2.19. The SMILES string of the molecule is CCN(CC)C(=O)CNS(=O)(=O)c1ccc(C#N)c(Cl)c1. The Balaban J connectivity index is 2.86. The van der Waals surface area contributed by atoms with E-state index in [1.165, 1.54) is 23.1 Å². The Bertz CT molecular complexity index is 664. The number of sulfonamides is 1. The van der Waals surface area contributed by atoms with Crippen molar-refractivity contribution in [1.29, 1.82) is 5.26 Å². The first-order valence-corrected chi connectivity index (χ1v) is 8.18. The van der Waals surface area contributed by atoms with Crippen LogP contribution >= 0.6 is 11.6 Å². The second-order valence-electron chi connectivity index (χ2n) is 4.14. The Hall–Kier alpha value is -1.62. The standard InChI is InChI=1S/C13H16ClN3O3S/c1-3-17(4-2)13(18)9-16-21(19,20)11-6-5-10(8-15)12(14)7-11/h5-7,16H,3-4,9H2,1-2H3. The number of carbonyl (C=O) groups excluding carboxylic acids is 1. The molecule has 0 radical (unpaired) electrons. The third-order valence-electron chi connectivity index (χ3n) is 2.90. The molecule has 8 heteroatoms. The fourth-order valence-electron chi connectivity index (χ4n) is 1.68. The van der Waals surface area contributed by atoms with E-state index in [2.05, 4.69) is 4.72 Å². The predicted molar refractivity (Wildman–Crippen MR) is 79.3 cm³/mol. The van der Waals surface area contributed by atoms with E-state index in [9.17, 15) is 13.2 Å². The maximum Gasteiger partial charge on any atom is 0.241 e. The van der Waals surface area contributed by atoms with Gasteiger partial charge < -0.3 is 4.90 Å². The Morgan fingerprint density at radius 3 is 2.48 bits per heavy atom. The highest BCUT2D eigenvalue weighted by Gasteiger charge is 2.18. The smallest absolute Gasteiger partial charge is 0.241 e. The van der Waals surface area contributed by atoms with Gasteiger partial charge in [0, 0.05) is 13.1 Å². The highest BCUT2D eigenvalue weighted by molar-refractivity contribution is 7.89. The van der Waals surface area contributed by atoms with Crippen LogP contribution in [0.3, 0.4) is 0 Å². The molecule has 0 fully saturated rings. The van der Waals surface area contributed by atoms with Crippen molar-refractivity contribution in [3.63, 3.8) is 0 Å². The zero-order valence-corrected chi connectivity index (χ0v) is 13.3. The van der Waals surface area contributed by atoms with Crippen molar-refractivity contribution in [2.24, 2.45) is 0 Å². The quantitative estimate of drug-likeness (QED) is 0.853. The van der Waals surface area contributed by atoms with Crippen molar-refractivity contribution in [3.8, 4) is 6.07 Å². The third-order valence-corrected chi connectivity index (χ3v) is 4.61. The normalized spacial score (nSPS) is 11.0. The summed E-state index contributed by atoms with van der Waals surface area (Å²) in [5, 5.41) is 8.81. The fourth-order valence-corrected chi connectivity index (χ4v) is 2.97. The number of nitrogens with one attached hydrogen (secondary N) is 1. The lowest BCUT2D eigenvalue weighted by atomic mass is 10.2. The Kier molecular flexibility index (Phi) is 6.15. The number of rotatable bonds is 6. The summed E-state index contributed by atoms with van der Waals surface area (Å²) in [6.45, 7) is 4.34. The van der Waals surface area contributed by atoms with Gasteiger partial charge in [-0.1, -0.05) is 11.6 Å². The first kappa shape index (κ1) is 17.4. The van der Waals surface area contributed by atoms with Crippen molar-refractivity contribution in [2.75, 3.05) is 19.6 Å². The number of carbonyl (C=O) groups is 1. The van der Waals surface area contributed by atoms with Gasteiger partial charge in [-0.3, -0.25) is 4.79 Å². The molecule has 0 saturated heterocycles. The van der Waals surface area contributed by atoms with Crippen molar-refractivity contribution in [2.45, 2.75) is 18.7 Å². The molecule has 1 aromatic carbocycles. The molecule has 0 aliphatic carbocycles. The zero-order valence-electron chi connectivity index (χ0n) is 11.8. The average molecular weight is 330 g/mol. The Morgan fingerprint density at radius 1 is 1.38 bits per heavy atom. The minimum absolute atomic E-state index is 0.0513. The minimum atomic E-state index is -3.84. The van der Waals surface area contributed by atoms with E-state index in [1.807, 2.05) is 19.9 Å². The topological polar surface area (TPSA) is 90.3 Å². The van der Waals surface area contributed by atoms with Crippen LogP contribution in [0.15, 0.2) is 23.1 Å². The molecule has 1 aromatic rings. The van der Waals surface area contributed by atoms with Crippen LogP contribution in [0.4, 0.5) is 0 Å². The third kappa shape index (κ3) is 4.43. The monoisotopic (exact) mass is 329 g/mol. The molecule has 0 aromatic heterocycles. The van der Waals surface area contributed by atoms with Crippen LogP contribution in [-0.4, -0.2) is 38.9 Å². The lowest BCUT2D eigenvalue weighted by Gasteiger charge is -2.18. The molecule has 6 nitrogen and oxygen atoms in total. The van der Waals surface area contributed by atoms with Crippen molar-refractivity contribution < 1.29 is 13.2 Å². The molecule has 1 amide bonds. The summed E-state index contributed by atoms with van der Waals surface area (Å²) in [6, 6.07) is 5.63. The van der Waals surface area contributed by atoms with Gasteiger partial charge in [-0.2, -0.15) is 5.26 Å². The molecule has 0 unspecified atom stereocenters. The van der Waals surface area contributed by atoms with Gasteiger partial charge in [0.15, 0.2) is 0 Å². The molecular weight excluding hydrogens is 314 g/mol. The van der Waals surface area contributed by atoms with Gasteiger partial charge in [0.25, 0.3) is 0 Å². The van der Waals surface area contributed by atoms with Crippen LogP contribution in [0, 0.1) is 11.3 Å². The Morgan fingerprint density at radius 2 is 2.00 bits per heavy atom. The number of likely N-dealkylation sites (N-methyl/N-ethyl adjacent to an activating group) is 1. The van der Waals surface area contributed by atoms with E-state index in [0.29, 0.717) is 13.1 Å². The first-order chi connectivity index (χ1) is 9.85. The van der Waals surface area contributed by atoms with Crippen LogP contribution in [0.25, 0.3) is 0 Å². The first-order valence-electron chi connectivity index (χ1n) is 6.32. The molecule has 1 rings (SSSR count). The van der Waals surface area contributed by atoms with Gasteiger partial charge in [-0.25, -0.2) is 13.1 Å². The molecule has 0 aliphatic rings. The van der Waals surface area contributed by atoms with Crippen molar-refractivity contribution >= 4 is 27.5 Å². The molecule has 0 aliphatic heterocycles. The predicted octanol–water partition coefficient (Wildman–Crippen LogP) is 1.36. The van der Waals surface area contributed by atoms with Crippen LogP contribution in [0.2, 0.25) is 5.02 Å². The van der Waals surface area contributed by atoms with Gasteiger partial charge in [0.05, 0.1) is 22.0 Å². The van der Waals surface area contributed by atoms with E-state index >= 15 is 0 Å². The number of nitrogens with zero attached hydrogens (tertiary/aromatic N) is 2. The molecule has 114 valence electrons. The highest BCUT2D eigenvalue weighted by atomic mass is 35.5. The number of halogens is 1. The number of amides is 1. The zero-order chi connectivity index (χ0) is 16.0. The molecule has 0 spiro atoms. The fraction of sp³-hybridized carbons (Fsp3) is 0.385. The summed E-state index contributed by atoms with van der Waals surface area (Å²) < 4.78 is 26.4. The van der Waals surface area contributed by atoms with Crippen molar-refractivity contribution in [1.82, 2.24) is 9.62 Å². The van der Waals surface area contributed by atoms with E-state index in [0.717, 1.165) is 0 Å². The van der Waals surface area contributed by atoms with Crippen LogP contribution in [0.1, 0.15) is 19.4 Å². The van der Waals surface area contributed by atoms with Crippen LogP contribution in [-0.2, 0) is 14.8 Å². The van der Waals surface area contributed by atoms with Gasteiger partial charge in [0.1, 0.15) is 6.07 Å². The Labute approximate surface area is 129 Å². The molecule has 0 bridgehead atoms.